The molecule has 1 aliphatic heterocycles. The molecule has 1 N–H and O–H groups in total. The number of rotatable bonds is 21. The van der Waals surface area contributed by atoms with Crippen LogP contribution < -0.4 is 22.0 Å². The zero-order valence-corrected chi connectivity index (χ0v) is 81.4. The van der Waals surface area contributed by atoms with Crippen LogP contribution in [-0.4, -0.2) is 108 Å². The maximum absolute atomic E-state index is 13.1. The highest BCUT2D eigenvalue weighted by molar-refractivity contribution is 7.12. The van der Waals surface area contributed by atoms with E-state index in [2.05, 4.69) is 182 Å². The molecule has 0 radical (unpaired) electrons. The molecule has 0 fully saturated rings. The Hall–Kier alpha value is -15.2. The van der Waals surface area contributed by atoms with Gasteiger partial charge in [-0.05, 0) is 95.9 Å². The Morgan fingerprint density at radius 1 is 0.372 bits per heavy atom. The van der Waals surface area contributed by atoms with E-state index in [0.29, 0.717) is 108 Å². The van der Waals surface area contributed by atoms with Crippen LogP contribution in [0, 0.1) is 27.7 Å². The molecule has 0 saturated carbocycles. The Bertz CT molecular complexity index is 8090. The molecule has 1 amide bonds. The Morgan fingerprint density at radius 3 is 1.14 bits per heavy atom. The van der Waals surface area contributed by atoms with Crippen LogP contribution >= 0.6 is 34.0 Å². The van der Waals surface area contributed by atoms with Crippen LogP contribution in [-0.2, 0) is 65.1 Å². The summed E-state index contributed by atoms with van der Waals surface area (Å²) in [6.45, 7) is 27.1. The second-order valence-corrected chi connectivity index (χ2v) is 38.9. The van der Waals surface area contributed by atoms with Crippen LogP contribution in [0.3, 0.4) is 0 Å². The summed E-state index contributed by atoms with van der Waals surface area (Å²) in [4.78, 5) is 118. The molecule has 0 unspecified atom stereocenters. The van der Waals surface area contributed by atoms with E-state index in [4.69, 9.17) is 24.9 Å². The van der Waals surface area contributed by atoms with Gasteiger partial charge in [0.2, 0.25) is 5.91 Å². The van der Waals surface area contributed by atoms with Gasteiger partial charge in [0.25, 0.3) is 0 Å². The first kappa shape index (κ1) is 92.3. The minimum atomic E-state index is -0.135. The summed E-state index contributed by atoms with van der Waals surface area (Å²) < 4.78 is 11.9. The largest absolute Gasteiger partial charge is 0.391 e. The van der Waals surface area contributed by atoms with Crippen LogP contribution in [0.2, 0.25) is 0 Å². The Kier molecular flexibility index (Phi) is 26.5. The lowest BCUT2D eigenvalue weighted by molar-refractivity contribution is -0.117. The molecular formula is C108H103N21O5S3. The maximum Gasteiger partial charge on any atom is 0.330 e. The SMILES string of the molecule is CC(C)c1ccccc1-c1ncc2c(n1)n(Cc1ccc(-c3ncsc3CO)cc1)c(=O)n2C.Cc1cn2ccnc2c(-c2ccc(CN3C(=O)Cc4cnc(-c5ccccc5C(C)C)nc43)cc2)n1.Cc1nc(-c2ccc(Cn3c(=O)n(C)c4cnc(-c5ccccc5C(C)C)nc43)cc2)c(C)s1.Cc1scnc1-c1ccc(Cn2c(=O)n(C)c3cnc(-c4ccccc4C(C)C)nc32)cc1. The number of benzene rings is 8. The molecular weight excluding hydrogens is 1770 g/mol. The third kappa shape index (κ3) is 18.9. The van der Waals surface area contributed by atoms with Gasteiger partial charge in [-0.25, -0.2) is 79.2 Å². The molecule has 8 aromatic carbocycles. The van der Waals surface area contributed by atoms with Crippen molar-refractivity contribution in [3.63, 3.8) is 0 Å². The van der Waals surface area contributed by atoms with Crippen molar-refractivity contribution >= 4 is 84.9 Å². The van der Waals surface area contributed by atoms with E-state index in [1.165, 1.54) is 43.3 Å². The van der Waals surface area contributed by atoms with Gasteiger partial charge in [0.1, 0.15) is 28.1 Å². The number of anilines is 1. The number of nitrogens with zero attached hydrogens (tertiary/aromatic N) is 21. The highest BCUT2D eigenvalue weighted by Gasteiger charge is 2.31. The molecule has 12 aromatic heterocycles. The van der Waals surface area contributed by atoms with Crippen molar-refractivity contribution in [2.45, 2.75) is 146 Å². The summed E-state index contributed by atoms with van der Waals surface area (Å²) in [7, 11) is 5.27. The quantitative estimate of drug-likeness (QED) is 0.0699. The standard InChI is InChI=1S/C29H26N6O.C27H27N5OS.C26H25N5O2S.C26H25N5OS/c1-18(2)23-6-4-5-7-24(23)27-31-15-22-14-25(36)35(28(22)33-27)17-20-8-10-21(11-9-20)26-29-30-12-13-34(29)16-19(3)32-26;1-16(2)21-8-6-7-9-22(21)25-28-14-23-26(30-25)32(27(33)31(23)5)15-19-10-12-20(13-11-19)24-17(3)34-18(4)29-24;1-16(2)19-6-4-5-7-20(19)24-27-12-21-25(29-24)31(26(33)30(21)3)13-17-8-10-18(11-9-17)23-22(14-32)34-15-28-23;1-16(2)20-7-5-6-8-21(20)24-27-13-22-25(29-24)31(26(32)30(22)4)14-18-9-11-19(12-10-18)23-17(3)33-15-28-23/h4-13,15-16,18H,14,17H2,1-3H3;6-14,16H,15H2,1-5H3;4-12,15-16,32H,13-14H2,1-3H3;5-13,15-16H,14H2,1-4H3. The molecule has 21 rings (SSSR count). The minimum absolute atomic E-state index is 0.0326. The number of carbonyl (C=O) groups is 1. The molecule has 1 aliphatic rings. The van der Waals surface area contributed by atoms with Crippen LogP contribution in [0.25, 0.3) is 130 Å². The summed E-state index contributed by atoms with van der Waals surface area (Å²) in [5, 5.41) is 10.6. The number of imidazole rings is 4. The molecule has 0 saturated heterocycles. The fraction of sp³-hybridized carbons (Fsp3) is 0.231. The smallest absolute Gasteiger partial charge is 0.330 e. The molecule has 13 heterocycles. The fourth-order valence-corrected chi connectivity index (χ4v) is 19.7. The number of thiazole rings is 3. The molecule has 29 heteroatoms. The summed E-state index contributed by atoms with van der Waals surface area (Å²) in [6.07, 6.45) is 13.0. The summed E-state index contributed by atoms with van der Waals surface area (Å²) in [5.41, 5.74) is 30.5. The van der Waals surface area contributed by atoms with Gasteiger partial charge in [-0.1, -0.05) is 250 Å². The number of amides is 1. The normalized spacial score (nSPS) is 12.0. The average molecular weight is 1870 g/mol. The number of aromatic nitrogens is 20. The van der Waals surface area contributed by atoms with Gasteiger partial charge < -0.3 is 9.51 Å². The molecule has 0 aliphatic carbocycles. The number of hydrogen-bond donors (Lipinski definition) is 1. The number of aryl methyl sites for hydroxylation is 7. The van der Waals surface area contributed by atoms with Crippen molar-refractivity contribution in [2.75, 3.05) is 4.90 Å². The van der Waals surface area contributed by atoms with Gasteiger partial charge in [-0.3, -0.25) is 37.1 Å². The molecule has 26 nitrogen and oxygen atoms in total. The number of fused-ring (bicyclic) bond motifs is 5. The van der Waals surface area contributed by atoms with E-state index >= 15 is 0 Å². The Morgan fingerprint density at radius 2 is 0.745 bits per heavy atom. The van der Waals surface area contributed by atoms with E-state index in [9.17, 15) is 24.3 Å². The maximum atomic E-state index is 13.1. The monoisotopic (exact) mass is 1870 g/mol. The first-order valence-electron chi connectivity index (χ1n) is 45.6. The van der Waals surface area contributed by atoms with Gasteiger partial charge in [-0.2, -0.15) is 0 Å². The number of aliphatic hydroxyl groups is 1. The van der Waals surface area contributed by atoms with Gasteiger partial charge in [0, 0.05) is 106 Å². The number of hydrogen-bond acceptors (Lipinski definition) is 21. The second kappa shape index (κ2) is 39.4. The van der Waals surface area contributed by atoms with Gasteiger partial charge >= 0.3 is 17.1 Å². The Balaban J connectivity index is 0.000000122. The van der Waals surface area contributed by atoms with Crippen LogP contribution in [0.5, 0.6) is 0 Å². The average Bonchev–Trinajstić information content (AvgIpc) is 1.63. The molecule has 0 spiro atoms. The third-order valence-corrected chi connectivity index (χ3v) is 27.4. The van der Waals surface area contributed by atoms with E-state index in [0.717, 1.165) is 127 Å². The van der Waals surface area contributed by atoms with Crippen molar-refractivity contribution in [3.05, 3.63) is 355 Å². The lowest BCUT2D eigenvalue weighted by Gasteiger charge is -2.18. The first-order chi connectivity index (χ1) is 66.2. The molecule has 20 aromatic rings. The van der Waals surface area contributed by atoms with Crippen molar-refractivity contribution in [1.82, 2.24) is 96.6 Å². The van der Waals surface area contributed by atoms with Crippen LogP contribution in [0.1, 0.15) is 154 Å². The van der Waals surface area contributed by atoms with Crippen LogP contribution in [0.15, 0.2) is 263 Å². The summed E-state index contributed by atoms with van der Waals surface area (Å²) in [6, 6.07) is 65.3. The van der Waals surface area contributed by atoms with E-state index < -0.39 is 0 Å². The van der Waals surface area contributed by atoms with E-state index in [1.54, 1.807) is 113 Å². The number of carbonyl (C=O) groups excluding carboxylic acids is 1. The molecule has 0 bridgehead atoms. The molecule has 137 heavy (non-hydrogen) atoms. The molecule has 688 valence electrons. The van der Waals surface area contributed by atoms with Gasteiger partial charge in [-0.15, -0.1) is 34.0 Å². The highest BCUT2D eigenvalue weighted by Crippen LogP contribution is 2.38. The summed E-state index contributed by atoms with van der Waals surface area (Å²) >= 11 is 4.78. The van der Waals surface area contributed by atoms with E-state index in [1.807, 2.05) is 157 Å². The van der Waals surface area contributed by atoms with Crippen molar-refractivity contribution < 1.29 is 9.90 Å². The zero-order valence-electron chi connectivity index (χ0n) is 78.9. The van der Waals surface area contributed by atoms with Crippen molar-refractivity contribution in [3.8, 4) is 90.6 Å². The third-order valence-electron chi connectivity index (χ3n) is 24.9. The van der Waals surface area contributed by atoms with Gasteiger partial charge in [0.15, 0.2) is 45.9 Å². The predicted molar refractivity (Wildman–Crippen MR) is 547 cm³/mol. The highest BCUT2D eigenvalue weighted by atomic mass is 32.1. The van der Waals surface area contributed by atoms with Crippen molar-refractivity contribution in [2.24, 2.45) is 21.1 Å². The van der Waals surface area contributed by atoms with Crippen LogP contribution in [0.4, 0.5) is 5.82 Å². The first-order valence-corrected chi connectivity index (χ1v) is 48.1. The zero-order chi connectivity index (χ0) is 95.7. The predicted octanol–water partition coefficient (Wildman–Crippen LogP) is 21.1. The van der Waals surface area contributed by atoms with E-state index in [-0.39, 0.29) is 29.6 Å². The topological polar surface area (TPSA) is 293 Å². The second-order valence-electron chi connectivity index (χ2n) is 35.5. The Labute approximate surface area is 803 Å². The summed E-state index contributed by atoms with van der Waals surface area (Å²) in [5.74, 6) is 4.66. The minimum Gasteiger partial charge on any atom is -0.391 e. The van der Waals surface area contributed by atoms with Crippen molar-refractivity contribution in [1.29, 1.82) is 0 Å². The lowest BCUT2D eigenvalue weighted by Crippen LogP contribution is -2.26. The molecule has 0 atom stereocenters. The lowest BCUT2D eigenvalue weighted by atomic mass is 9.97. The number of aliphatic hydroxyl groups excluding tert-OH is 1. The van der Waals surface area contributed by atoms with Gasteiger partial charge in [0.05, 0.1) is 101 Å². The fourth-order valence-electron chi connectivity index (χ4n) is 17.6.